The van der Waals surface area contributed by atoms with Crippen LogP contribution in [0.15, 0.2) is 24.3 Å². The Morgan fingerprint density at radius 2 is 1.72 bits per heavy atom. The number of phenolic OH excluding ortho intramolecular Hbond substituents is 1. The Balaban J connectivity index is 1.52. The number of carbonyl (C=O) groups excluding carboxylic acids is 6. The Morgan fingerprint density at radius 3 is 2.30 bits per heavy atom. The fourth-order valence-electron chi connectivity index (χ4n) is 6.80. The molecule has 2 saturated carbocycles. The molecule has 0 saturated heterocycles. The highest BCUT2D eigenvalue weighted by atomic mass is 35.5. The lowest BCUT2D eigenvalue weighted by molar-refractivity contribution is -0.175. The number of carbonyl (C=O) groups is 6. The van der Waals surface area contributed by atoms with Crippen LogP contribution in [-0.4, -0.2) is 65.0 Å². The molecular weight excluding hydrogens is 637 g/mol. The number of anilines is 3. The van der Waals surface area contributed by atoms with Gasteiger partial charge in [-0.05, 0) is 48.1 Å². The summed E-state index contributed by atoms with van der Waals surface area (Å²) in [5.74, 6) is -12.5. The minimum Gasteiger partial charge on any atom is -0.505 e. The Morgan fingerprint density at radius 1 is 1.07 bits per heavy atom. The third-order valence-corrected chi connectivity index (χ3v) is 9.21. The van der Waals surface area contributed by atoms with Crippen LogP contribution in [0.2, 0.25) is 0 Å². The Hall–Kier alpha value is -4.50. The van der Waals surface area contributed by atoms with Gasteiger partial charge in [-0.15, -0.1) is 11.6 Å². The van der Waals surface area contributed by atoms with Crippen LogP contribution in [0.3, 0.4) is 0 Å². The molecule has 0 aromatic heterocycles. The van der Waals surface area contributed by atoms with Crippen molar-refractivity contribution in [3.63, 3.8) is 0 Å². The monoisotopic (exact) mass is 664 g/mol. The maximum atomic E-state index is 14.0. The fourth-order valence-corrected chi connectivity index (χ4v) is 6.97. The second-order valence-corrected chi connectivity index (χ2v) is 12.1. The number of ketones is 4. The lowest BCUT2D eigenvalue weighted by Gasteiger charge is -2.48. The maximum absolute atomic E-state index is 14.0. The van der Waals surface area contributed by atoms with Crippen LogP contribution in [-0.2, 0) is 37.7 Å². The summed E-state index contributed by atoms with van der Waals surface area (Å²) in [5.41, 5.74) is 0.544. The number of phenols is 1. The largest absolute Gasteiger partial charge is 0.505 e. The van der Waals surface area contributed by atoms with Gasteiger partial charge in [0.05, 0.1) is 28.4 Å². The van der Waals surface area contributed by atoms with Gasteiger partial charge in [-0.3, -0.25) is 24.0 Å². The van der Waals surface area contributed by atoms with Gasteiger partial charge in [-0.2, -0.15) is 13.2 Å². The lowest BCUT2D eigenvalue weighted by Crippen LogP contribution is -2.68. The van der Waals surface area contributed by atoms with Crippen LogP contribution in [0.1, 0.15) is 39.9 Å². The van der Waals surface area contributed by atoms with E-state index in [9.17, 15) is 52.2 Å². The number of aliphatic hydroxyl groups is 1. The third kappa shape index (κ3) is 5.16. The maximum Gasteiger partial charge on any atom is 0.418 e. The number of urea groups is 1. The highest BCUT2D eigenvalue weighted by Crippen LogP contribution is 2.52. The first-order valence-electron chi connectivity index (χ1n) is 14.0. The quantitative estimate of drug-likeness (QED) is 0.181. The number of halogens is 4. The van der Waals surface area contributed by atoms with Crippen molar-refractivity contribution < 1.29 is 52.2 Å². The fraction of sp³-hybridized carbons (Fsp3) is 0.400. The van der Waals surface area contributed by atoms with Crippen LogP contribution in [0.25, 0.3) is 0 Å². The average Bonchev–Trinajstić information content (AvgIpc) is 2.95. The van der Waals surface area contributed by atoms with E-state index >= 15 is 0 Å². The summed E-state index contributed by atoms with van der Waals surface area (Å²) in [6.07, 6.45) is -5.46. The molecule has 0 aliphatic heterocycles. The second-order valence-electron chi connectivity index (χ2n) is 11.9. The van der Waals surface area contributed by atoms with E-state index in [4.69, 9.17) is 17.3 Å². The number of alkyl halides is 4. The second kappa shape index (κ2) is 11.4. The first-order chi connectivity index (χ1) is 21.4. The molecule has 6 N–H and O–H groups in total. The summed E-state index contributed by atoms with van der Waals surface area (Å²) < 4.78 is 41.0. The number of amides is 3. The molecule has 5 atom stereocenters. The molecule has 2 fully saturated rings. The number of aromatic hydroxyl groups is 1. The Labute approximate surface area is 264 Å². The highest BCUT2D eigenvalue weighted by Gasteiger charge is 2.66. The highest BCUT2D eigenvalue weighted by molar-refractivity contribution is 6.31. The molecule has 3 aliphatic carbocycles. The van der Waals surface area contributed by atoms with Crippen molar-refractivity contribution in [2.45, 2.75) is 36.9 Å². The molecule has 46 heavy (non-hydrogen) atoms. The van der Waals surface area contributed by atoms with Gasteiger partial charge in [-0.1, -0.05) is 6.07 Å². The van der Waals surface area contributed by atoms with Crippen molar-refractivity contribution in [1.29, 1.82) is 0 Å². The lowest BCUT2D eigenvalue weighted by atomic mass is 9.53. The minimum atomic E-state index is -4.85. The van der Waals surface area contributed by atoms with E-state index in [2.05, 4.69) is 10.6 Å². The zero-order chi connectivity index (χ0) is 34.0. The molecule has 0 radical (unpaired) electrons. The summed E-state index contributed by atoms with van der Waals surface area (Å²) in [5, 5.41) is 26.9. The third-order valence-electron chi connectivity index (χ3n) is 8.90. The van der Waals surface area contributed by atoms with Crippen molar-refractivity contribution in [2.75, 3.05) is 29.6 Å². The predicted octanol–water partition coefficient (Wildman–Crippen LogP) is 2.79. The summed E-state index contributed by atoms with van der Waals surface area (Å²) in [6.45, 7) is 0. The SMILES string of the molecule is CN(C)c1cc(NC(=O)Nc2ccc(CCl)cc2C(F)(F)F)c(O)c2c1C[C@H]1C[C@H]3CC(=O)C(C(N)=O)C(=O)[C@@]3(O)C(=O)C1C2=O. The average molecular weight is 665 g/mol. The molecular formula is C30H28ClF3N4O8. The number of hydrogen-bond acceptors (Lipinski definition) is 9. The summed E-state index contributed by atoms with van der Waals surface area (Å²) in [6, 6.07) is 3.17. The van der Waals surface area contributed by atoms with E-state index in [0.717, 1.165) is 12.1 Å². The van der Waals surface area contributed by atoms with Gasteiger partial charge in [0.1, 0.15) is 5.75 Å². The van der Waals surface area contributed by atoms with Gasteiger partial charge in [0, 0.05) is 38.0 Å². The molecule has 3 amide bonds. The van der Waals surface area contributed by atoms with Crippen LogP contribution < -0.4 is 21.3 Å². The van der Waals surface area contributed by atoms with E-state index < -0.39 is 99.5 Å². The van der Waals surface area contributed by atoms with Crippen LogP contribution in [0, 0.1) is 23.7 Å². The molecule has 0 spiro atoms. The normalized spacial score (nSPS) is 25.7. The van der Waals surface area contributed by atoms with E-state index in [0.29, 0.717) is 5.69 Å². The van der Waals surface area contributed by atoms with Gasteiger partial charge in [-0.25, -0.2) is 4.79 Å². The number of fused-ring (bicyclic) bond motifs is 3. The number of nitrogens with two attached hydrogens (primary N) is 1. The zero-order valence-electron chi connectivity index (χ0n) is 24.3. The smallest absolute Gasteiger partial charge is 0.418 e. The van der Waals surface area contributed by atoms with Crippen molar-refractivity contribution in [3.05, 3.63) is 46.5 Å². The molecule has 2 unspecified atom stereocenters. The van der Waals surface area contributed by atoms with E-state index in [-0.39, 0.29) is 35.5 Å². The topological polar surface area (TPSA) is 196 Å². The van der Waals surface area contributed by atoms with Crippen molar-refractivity contribution in [1.82, 2.24) is 0 Å². The molecule has 0 heterocycles. The van der Waals surface area contributed by atoms with Crippen molar-refractivity contribution in [2.24, 2.45) is 29.4 Å². The number of hydrogen-bond donors (Lipinski definition) is 5. The van der Waals surface area contributed by atoms with Crippen LogP contribution in [0.4, 0.5) is 35.0 Å². The number of nitrogens with zero attached hydrogens (tertiary/aromatic N) is 1. The number of primary amides is 1. The van der Waals surface area contributed by atoms with E-state index in [1.165, 1.54) is 12.1 Å². The molecule has 3 aliphatic rings. The number of benzene rings is 2. The molecule has 2 aromatic carbocycles. The van der Waals surface area contributed by atoms with Crippen LogP contribution in [0.5, 0.6) is 5.75 Å². The molecule has 0 bridgehead atoms. The molecule has 12 nitrogen and oxygen atoms in total. The Bertz CT molecular complexity index is 1730. The first kappa shape index (κ1) is 32.9. The first-order valence-corrected chi connectivity index (χ1v) is 14.5. The van der Waals surface area contributed by atoms with E-state index in [1.807, 2.05) is 0 Å². The number of rotatable bonds is 5. The summed E-state index contributed by atoms with van der Waals surface area (Å²) >= 11 is 5.66. The van der Waals surface area contributed by atoms with Crippen molar-refractivity contribution in [3.8, 4) is 5.75 Å². The molecule has 5 rings (SSSR count). The summed E-state index contributed by atoms with van der Waals surface area (Å²) in [7, 11) is 3.18. The van der Waals surface area contributed by atoms with Gasteiger partial charge in [0.15, 0.2) is 34.7 Å². The summed E-state index contributed by atoms with van der Waals surface area (Å²) in [4.78, 5) is 79.7. The molecule has 2 aromatic rings. The minimum absolute atomic E-state index is 0.0128. The van der Waals surface area contributed by atoms with E-state index in [1.54, 1.807) is 19.0 Å². The van der Waals surface area contributed by atoms with Gasteiger partial charge >= 0.3 is 12.2 Å². The van der Waals surface area contributed by atoms with Crippen molar-refractivity contribution >= 4 is 63.7 Å². The Kier molecular flexibility index (Phi) is 8.14. The molecule has 16 heteroatoms. The van der Waals surface area contributed by atoms with Gasteiger partial charge in [0.25, 0.3) is 0 Å². The molecule has 244 valence electrons. The standard InChI is InChI=1S/C30H28ClF3N4O8/c1-38(2)18-9-17(37-28(45)36-16-4-3-11(10-31)5-15(16)30(32,33)34)23(40)21-14(18)7-12-6-13-8-19(39)22(27(35)44)26(43)29(13,46)25(42)20(12)24(21)41/h3-5,9,12-13,20,22,40,46H,6-8,10H2,1-2H3,(H2,35,44)(H2,36,37,45)/t12-,13+,20?,22?,29+/m1/s1. The zero-order valence-corrected chi connectivity index (χ0v) is 25.1. The number of nitrogens with one attached hydrogen (secondary N) is 2. The van der Waals surface area contributed by atoms with Gasteiger partial charge in [0.2, 0.25) is 5.91 Å². The van der Waals surface area contributed by atoms with Gasteiger partial charge < -0.3 is 31.5 Å². The number of Topliss-reactive ketones (excluding diaryl/α,β-unsaturated/α-hetero) is 4. The van der Waals surface area contributed by atoms with Crippen LogP contribution >= 0.6 is 11.6 Å². The predicted molar refractivity (Wildman–Crippen MR) is 156 cm³/mol.